The van der Waals surface area contributed by atoms with E-state index in [0.29, 0.717) is 24.3 Å². The number of hydrogen-bond acceptors (Lipinski definition) is 3. The summed E-state index contributed by atoms with van der Waals surface area (Å²) in [5, 5.41) is 9.23. The van der Waals surface area contributed by atoms with Crippen molar-refractivity contribution in [3.63, 3.8) is 0 Å². The molecule has 0 radical (unpaired) electrons. The van der Waals surface area contributed by atoms with Gasteiger partial charge in [-0.15, -0.1) is 0 Å². The Bertz CT molecular complexity index is 584. The number of nitrogens with zero attached hydrogens (tertiary/aromatic N) is 3. The van der Waals surface area contributed by atoms with Gasteiger partial charge in [0.15, 0.2) is 5.65 Å². The first-order valence-electron chi connectivity index (χ1n) is 5.16. The summed E-state index contributed by atoms with van der Waals surface area (Å²) in [5.41, 5.74) is 0.729. The molecule has 0 atom stereocenters. The summed E-state index contributed by atoms with van der Waals surface area (Å²) in [6.45, 7) is 0. The number of carboxylic acids is 1. The first-order chi connectivity index (χ1) is 7.65. The van der Waals surface area contributed by atoms with Crippen LogP contribution in [0.3, 0.4) is 0 Å². The van der Waals surface area contributed by atoms with Gasteiger partial charge in [-0.2, -0.15) is 0 Å². The number of aromatic nitrogens is 3. The largest absolute Gasteiger partial charge is 0.480 e. The molecule has 0 amide bonds. The summed E-state index contributed by atoms with van der Waals surface area (Å²) in [6.07, 6.45) is 3.00. The lowest BCUT2D eigenvalue weighted by molar-refractivity contribution is -0.140. The average Bonchev–Trinajstić information content (AvgIpc) is 3.01. The van der Waals surface area contributed by atoms with E-state index in [4.69, 9.17) is 0 Å². The molecule has 1 N–H and O–H groups in total. The van der Waals surface area contributed by atoms with Crippen LogP contribution in [-0.2, 0) is 17.3 Å². The second-order valence-electron chi connectivity index (χ2n) is 4.23. The normalized spacial score (nSPS) is 17.6. The fraction of sp³-hybridized carbons (Fsp3) is 0.364. The summed E-state index contributed by atoms with van der Waals surface area (Å²) in [6, 6.07) is 3.73. The fourth-order valence-corrected chi connectivity index (χ4v) is 2.11. The van der Waals surface area contributed by atoms with Gasteiger partial charge in [-0.1, -0.05) is 0 Å². The summed E-state index contributed by atoms with van der Waals surface area (Å²) >= 11 is 0. The monoisotopic (exact) mass is 217 g/mol. The van der Waals surface area contributed by atoms with Crippen LogP contribution < -0.4 is 0 Å². The van der Waals surface area contributed by atoms with E-state index in [1.165, 1.54) is 0 Å². The molecule has 1 saturated carbocycles. The molecule has 0 bridgehead atoms. The van der Waals surface area contributed by atoms with Crippen LogP contribution in [0.2, 0.25) is 0 Å². The van der Waals surface area contributed by atoms with Crippen molar-refractivity contribution >= 4 is 17.1 Å². The Kier molecular flexibility index (Phi) is 1.64. The van der Waals surface area contributed by atoms with Crippen molar-refractivity contribution < 1.29 is 9.90 Å². The van der Waals surface area contributed by atoms with Crippen molar-refractivity contribution in [3.05, 3.63) is 24.2 Å². The molecule has 0 aromatic carbocycles. The number of carbonyl (C=O) groups is 1. The van der Waals surface area contributed by atoms with Crippen molar-refractivity contribution in [2.75, 3.05) is 0 Å². The zero-order chi connectivity index (χ0) is 11.3. The Labute approximate surface area is 91.7 Å². The van der Waals surface area contributed by atoms with Gasteiger partial charge in [0.1, 0.15) is 11.2 Å². The molecule has 1 fully saturated rings. The average molecular weight is 217 g/mol. The molecule has 1 aliphatic rings. The van der Waals surface area contributed by atoms with Crippen LogP contribution in [0, 0.1) is 0 Å². The van der Waals surface area contributed by atoms with Crippen LogP contribution in [0.25, 0.3) is 11.2 Å². The van der Waals surface area contributed by atoms with Gasteiger partial charge in [-0.3, -0.25) is 4.79 Å². The first-order valence-corrected chi connectivity index (χ1v) is 5.16. The van der Waals surface area contributed by atoms with Crippen molar-refractivity contribution in [2.24, 2.45) is 7.05 Å². The Morgan fingerprint density at radius 2 is 2.31 bits per heavy atom. The number of pyridine rings is 1. The van der Waals surface area contributed by atoms with Crippen molar-refractivity contribution in [1.82, 2.24) is 14.5 Å². The van der Waals surface area contributed by atoms with Gasteiger partial charge in [0.2, 0.25) is 0 Å². The van der Waals surface area contributed by atoms with E-state index < -0.39 is 11.4 Å². The maximum Gasteiger partial charge on any atom is 0.317 e. The van der Waals surface area contributed by atoms with Gasteiger partial charge in [-0.05, 0) is 25.0 Å². The molecule has 0 aliphatic heterocycles. The second-order valence-corrected chi connectivity index (χ2v) is 4.23. The molecule has 0 spiro atoms. The summed E-state index contributed by atoms with van der Waals surface area (Å²) < 4.78 is 1.84. The number of aryl methyl sites for hydroxylation is 1. The lowest BCUT2D eigenvalue weighted by atomic mass is 10.1. The van der Waals surface area contributed by atoms with E-state index in [9.17, 15) is 9.90 Å². The van der Waals surface area contributed by atoms with Crippen LogP contribution in [0.15, 0.2) is 18.3 Å². The summed E-state index contributed by atoms with van der Waals surface area (Å²) in [5.74, 6) is -0.167. The van der Waals surface area contributed by atoms with E-state index in [1.54, 1.807) is 6.20 Å². The third kappa shape index (κ3) is 1.02. The van der Waals surface area contributed by atoms with Gasteiger partial charge in [0.05, 0.1) is 5.52 Å². The third-order valence-electron chi connectivity index (χ3n) is 3.24. The number of hydrogen-bond donors (Lipinski definition) is 1. The topological polar surface area (TPSA) is 68.0 Å². The Morgan fingerprint density at radius 1 is 1.56 bits per heavy atom. The predicted molar refractivity (Wildman–Crippen MR) is 57.1 cm³/mol. The second kappa shape index (κ2) is 2.81. The number of aliphatic carboxylic acids is 1. The fourth-order valence-electron chi connectivity index (χ4n) is 2.11. The van der Waals surface area contributed by atoms with Crippen LogP contribution in [0.1, 0.15) is 18.7 Å². The summed E-state index contributed by atoms with van der Waals surface area (Å²) in [4.78, 5) is 19.7. The van der Waals surface area contributed by atoms with Crippen molar-refractivity contribution in [1.29, 1.82) is 0 Å². The summed E-state index contributed by atoms with van der Waals surface area (Å²) in [7, 11) is 1.84. The zero-order valence-electron chi connectivity index (χ0n) is 8.84. The zero-order valence-corrected chi connectivity index (χ0v) is 8.84. The molecule has 2 heterocycles. The lowest BCUT2D eigenvalue weighted by Gasteiger charge is -2.08. The van der Waals surface area contributed by atoms with Gasteiger partial charge >= 0.3 is 5.97 Å². The van der Waals surface area contributed by atoms with Gasteiger partial charge in [-0.25, -0.2) is 9.97 Å². The van der Waals surface area contributed by atoms with Crippen molar-refractivity contribution in [3.8, 4) is 0 Å². The van der Waals surface area contributed by atoms with Crippen LogP contribution in [0.5, 0.6) is 0 Å². The van der Waals surface area contributed by atoms with Gasteiger partial charge in [0.25, 0.3) is 0 Å². The quantitative estimate of drug-likeness (QED) is 0.817. The van der Waals surface area contributed by atoms with E-state index in [2.05, 4.69) is 9.97 Å². The highest BCUT2D eigenvalue weighted by Gasteiger charge is 2.55. The number of imidazole rings is 1. The Balaban J connectivity index is 2.26. The standard InChI is InChI=1S/C11H11N3O2/c1-14-7-3-2-6-12-8(7)13-9(14)11(4-5-11)10(15)16/h2-3,6H,4-5H2,1H3,(H,15,16). The van der Waals surface area contributed by atoms with Crippen LogP contribution in [0.4, 0.5) is 0 Å². The molecule has 0 unspecified atom stereocenters. The number of fused-ring (bicyclic) bond motifs is 1. The molecular weight excluding hydrogens is 206 g/mol. The molecule has 1 aliphatic carbocycles. The number of carboxylic acid groups (broad SMARTS) is 1. The minimum atomic E-state index is -0.786. The van der Waals surface area contributed by atoms with E-state index in [1.807, 2.05) is 23.7 Å². The highest BCUT2D eigenvalue weighted by Crippen LogP contribution is 2.48. The molecule has 3 rings (SSSR count). The minimum absolute atomic E-state index is 0.618. The maximum absolute atomic E-state index is 11.2. The molecule has 5 heteroatoms. The first kappa shape index (κ1) is 9.33. The Morgan fingerprint density at radius 3 is 2.88 bits per heavy atom. The van der Waals surface area contributed by atoms with E-state index in [0.717, 1.165) is 5.52 Å². The third-order valence-corrected chi connectivity index (χ3v) is 3.24. The Hall–Kier alpha value is -1.91. The molecule has 2 aromatic heterocycles. The minimum Gasteiger partial charge on any atom is -0.480 e. The highest BCUT2D eigenvalue weighted by atomic mass is 16.4. The molecular formula is C11H11N3O2. The van der Waals surface area contributed by atoms with E-state index in [-0.39, 0.29) is 0 Å². The van der Waals surface area contributed by atoms with Crippen molar-refractivity contribution in [2.45, 2.75) is 18.3 Å². The number of rotatable bonds is 2. The smallest absolute Gasteiger partial charge is 0.317 e. The van der Waals surface area contributed by atoms with E-state index >= 15 is 0 Å². The van der Waals surface area contributed by atoms with Gasteiger partial charge < -0.3 is 9.67 Å². The SMILES string of the molecule is Cn1c(C2(C(=O)O)CC2)nc2ncccc21. The predicted octanol–water partition coefficient (Wildman–Crippen LogP) is 1.08. The molecule has 16 heavy (non-hydrogen) atoms. The highest BCUT2D eigenvalue weighted by molar-refractivity contribution is 5.85. The lowest BCUT2D eigenvalue weighted by Crippen LogP contribution is -2.23. The molecule has 82 valence electrons. The van der Waals surface area contributed by atoms with Gasteiger partial charge in [0, 0.05) is 13.2 Å². The molecule has 5 nitrogen and oxygen atoms in total. The molecule has 0 saturated heterocycles. The van der Waals surface area contributed by atoms with Crippen LogP contribution >= 0.6 is 0 Å². The van der Waals surface area contributed by atoms with Crippen LogP contribution in [-0.4, -0.2) is 25.6 Å². The maximum atomic E-state index is 11.2. The molecule has 2 aromatic rings.